The summed E-state index contributed by atoms with van der Waals surface area (Å²) >= 11 is 12.3. The van der Waals surface area contributed by atoms with E-state index in [-0.39, 0.29) is 5.75 Å². The van der Waals surface area contributed by atoms with Gasteiger partial charge in [0, 0.05) is 6.54 Å². The average Bonchev–Trinajstić information content (AvgIpc) is 2.35. The van der Waals surface area contributed by atoms with Crippen LogP contribution in [-0.4, -0.2) is 10.1 Å². The van der Waals surface area contributed by atoms with Crippen LogP contribution in [0.4, 0.5) is 5.69 Å². The van der Waals surface area contributed by atoms with Gasteiger partial charge in [-0.1, -0.05) is 11.6 Å². The molecule has 18 heavy (non-hydrogen) atoms. The number of hydrogen-bond acceptors (Lipinski definition) is 3. The predicted octanol–water partition coefficient (Wildman–Crippen LogP) is 4.58. The van der Waals surface area contributed by atoms with Crippen molar-refractivity contribution in [3.63, 3.8) is 0 Å². The molecular formula is C12H9Br2ClN2O. The molecule has 0 atom stereocenters. The fourth-order valence-electron chi connectivity index (χ4n) is 1.40. The number of anilines is 1. The number of hydrogen-bond donors (Lipinski definition) is 2. The third-order valence-corrected chi connectivity index (χ3v) is 3.73. The maximum absolute atomic E-state index is 9.61. The summed E-state index contributed by atoms with van der Waals surface area (Å²) in [6.45, 7) is 0.626. The van der Waals surface area contributed by atoms with Gasteiger partial charge in [0.15, 0.2) is 0 Å². The molecule has 0 aliphatic heterocycles. The van der Waals surface area contributed by atoms with Crippen molar-refractivity contribution in [3.05, 3.63) is 50.1 Å². The minimum absolute atomic E-state index is 0.201. The molecule has 6 heteroatoms. The highest BCUT2D eigenvalue weighted by molar-refractivity contribution is 9.11. The Hall–Kier alpha value is -0.780. The second kappa shape index (κ2) is 5.91. The summed E-state index contributed by atoms with van der Waals surface area (Å²) in [5.74, 6) is 0.201. The van der Waals surface area contributed by atoms with Crippen molar-refractivity contribution in [2.45, 2.75) is 6.54 Å². The van der Waals surface area contributed by atoms with Crippen molar-refractivity contribution in [1.82, 2.24) is 4.98 Å². The zero-order chi connectivity index (χ0) is 13.1. The Balaban J connectivity index is 2.08. The lowest BCUT2D eigenvalue weighted by molar-refractivity contribution is 0.468. The van der Waals surface area contributed by atoms with Crippen molar-refractivity contribution in [2.24, 2.45) is 0 Å². The molecule has 0 aliphatic rings. The van der Waals surface area contributed by atoms with Crippen molar-refractivity contribution >= 4 is 49.1 Å². The molecule has 0 bridgehead atoms. The van der Waals surface area contributed by atoms with Gasteiger partial charge in [-0.05, 0) is 61.7 Å². The van der Waals surface area contributed by atoms with Gasteiger partial charge in [0.2, 0.25) is 0 Å². The standard InChI is InChI=1S/C12H9Br2ClN2O/c13-9-3-7(4-10(14)12(9)18)5-16-8-1-2-11(15)17-6-8/h1-4,6,16,18H,5H2. The first kappa shape index (κ1) is 13.6. The number of benzene rings is 1. The van der Waals surface area contributed by atoms with Crippen molar-refractivity contribution in [1.29, 1.82) is 0 Å². The van der Waals surface area contributed by atoms with Gasteiger partial charge in [-0.2, -0.15) is 0 Å². The quantitative estimate of drug-likeness (QED) is 0.752. The maximum Gasteiger partial charge on any atom is 0.143 e. The molecule has 0 unspecified atom stereocenters. The first-order valence-corrected chi connectivity index (χ1v) is 7.05. The molecule has 0 radical (unpaired) electrons. The average molecular weight is 392 g/mol. The summed E-state index contributed by atoms with van der Waals surface area (Å²) in [5.41, 5.74) is 1.92. The SMILES string of the molecule is Oc1c(Br)cc(CNc2ccc(Cl)nc2)cc1Br. The molecule has 0 saturated carbocycles. The highest BCUT2D eigenvalue weighted by Gasteiger charge is 2.05. The van der Waals surface area contributed by atoms with Crippen LogP contribution in [0.2, 0.25) is 5.15 Å². The van der Waals surface area contributed by atoms with E-state index < -0.39 is 0 Å². The van der Waals surface area contributed by atoms with Gasteiger partial charge in [0.25, 0.3) is 0 Å². The Kier molecular flexibility index (Phi) is 4.48. The molecule has 1 aromatic heterocycles. The fourth-order valence-corrected chi connectivity index (χ4v) is 2.80. The molecule has 0 spiro atoms. The summed E-state index contributed by atoms with van der Waals surface area (Å²) < 4.78 is 1.31. The van der Waals surface area contributed by atoms with E-state index in [9.17, 15) is 5.11 Å². The molecular weight excluding hydrogens is 383 g/mol. The van der Waals surface area contributed by atoms with E-state index in [1.54, 1.807) is 12.3 Å². The van der Waals surface area contributed by atoms with Crippen molar-refractivity contribution < 1.29 is 5.11 Å². The van der Waals surface area contributed by atoms with Crippen LogP contribution in [0, 0.1) is 0 Å². The normalized spacial score (nSPS) is 10.4. The number of aromatic hydroxyl groups is 1. The summed E-state index contributed by atoms with van der Waals surface area (Å²) in [5, 5.41) is 13.3. The number of nitrogens with zero attached hydrogens (tertiary/aromatic N) is 1. The largest absolute Gasteiger partial charge is 0.506 e. The van der Waals surface area contributed by atoms with Crippen LogP contribution < -0.4 is 5.32 Å². The third-order valence-electron chi connectivity index (χ3n) is 2.30. The first-order valence-electron chi connectivity index (χ1n) is 5.08. The number of aromatic nitrogens is 1. The topological polar surface area (TPSA) is 45.1 Å². The molecule has 2 N–H and O–H groups in total. The van der Waals surface area contributed by atoms with E-state index in [2.05, 4.69) is 42.2 Å². The molecule has 0 fully saturated rings. The lowest BCUT2D eigenvalue weighted by Gasteiger charge is -2.08. The minimum atomic E-state index is 0.201. The smallest absolute Gasteiger partial charge is 0.143 e. The zero-order valence-electron chi connectivity index (χ0n) is 9.12. The van der Waals surface area contributed by atoms with E-state index in [0.29, 0.717) is 20.6 Å². The predicted molar refractivity (Wildman–Crippen MR) is 80.1 cm³/mol. The van der Waals surface area contributed by atoms with Gasteiger partial charge in [0.1, 0.15) is 10.9 Å². The second-order valence-electron chi connectivity index (χ2n) is 3.63. The minimum Gasteiger partial charge on any atom is -0.506 e. The zero-order valence-corrected chi connectivity index (χ0v) is 13.1. The number of halogens is 3. The van der Waals surface area contributed by atoms with Gasteiger partial charge in [-0.3, -0.25) is 0 Å². The van der Waals surface area contributed by atoms with Crippen molar-refractivity contribution in [3.8, 4) is 5.75 Å². The molecule has 2 aromatic rings. The molecule has 1 aromatic carbocycles. The Labute approximate surface area is 126 Å². The number of rotatable bonds is 3. The molecule has 0 saturated heterocycles. The number of phenols is 1. The van der Waals surface area contributed by atoms with E-state index in [4.69, 9.17) is 11.6 Å². The van der Waals surface area contributed by atoms with Crippen LogP contribution >= 0.6 is 43.5 Å². The Morgan fingerprint density at radius 1 is 1.22 bits per heavy atom. The molecule has 3 nitrogen and oxygen atoms in total. The molecule has 1 heterocycles. The second-order valence-corrected chi connectivity index (χ2v) is 5.73. The van der Waals surface area contributed by atoms with Gasteiger partial charge < -0.3 is 10.4 Å². The van der Waals surface area contributed by atoms with Crippen LogP contribution in [0.15, 0.2) is 39.4 Å². The van der Waals surface area contributed by atoms with Crippen LogP contribution in [-0.2, 0) is 6.54 Å². The summed E-state index contributed by atoms with van der Waals surface area (Å²) in [6.07, 6.45) is 1.67. The summed E-state index contributed by atoms with van der Waals surface area (Å²) in [6, 6.07) is 7.30. The van der Waals surface area contributed by atoms with Crippen LogP contribution in [0.25, 0.3) is 0 Å². The highest BCUT2D eigenvalue weighted by Crippen LogP contribution is 2.33. The van der Waals surface area contributed by atoms with E-state index in [0.717, 1.165) is 11.3 Å². The van der Waals surface area contributed by atoms with E-state index >= 15 is 0 Å². The first-order chi connectivity index (χ1) is 8.56. The summed E-state index contributed by atoms with van der Waals surface area (Å²) in [7, 11) is 0. The number of nitrogens with one attached hydrogen (secondary N) is 1. The Morgan fingerprint density at radius 2 is 1.89 bits per heavy atom. The highest BCUT2D eigenvalue weighted by atomic mass is 79.9. The van der Waals surface area contributed by atoms with Gasteiger partial charge in [-0.25, -0.2) is 4.98 Å². The van der Waals surface area contributed by atoms with Gasteiger partial charge in [-0.15, -0.1) is 0 Å². The van der Waals surface area contributed by atoms with E-state index in [1.165, 1.54) is 0 Å². The van der Waals surface area contributed by atoms with Crippen molar-refractivity contribution in [2.75, 3.05) is 5.32 Å². The van der Waals surface area contributed by atoms with E-state index in [1.807, 2.05) is 18.2 Å². The molecule has 2 rings (SSSR count). The Bertz CT molecular complexity index is 537. The molecule has 0 aliphatic carbocycles. The number of phenolic OH excluding ortho intramolecular Hbond substituents is 1. The molecule has 0 amide bonds. The van der Waals surface area contributed by atoms with Crippen LogP contribution in [0.5, 0.6) is 5.75 Å². The lowest BCUT2D eigenvalue weighted by atomic mass is 10.2. The third kappa shape index (κ3) is 3.37. The fraction of sp³-hybridized carbons (Fsp3) is 0.0833. The molecule has 94 valence electrons. The maximum atomic E-state index is 9.61. The monoisotopic (exact) mass is 390 g/mol. The van der Waals surface area contributed by atoms with Gasteiger partial charge in [0.05, 0.1) is 20.8 Å². The lowest BCUT2D eigenvalue weighted by Crippen LogP contribution is -1.99. The van der Waals surface area contributed by atoms with Gasteiger partial charge >= 0.3 is 0 Å². The Morgan fingerprint density at radius 3 is 2.44 bits per heavy atom. The number of pyridine rings is 1. The van der Waals surface area contributed by atoms with Crippen LogP contribution in [0.1, 0.15) is 5.56 Å². The summed E-state index contributed by atoms with van der Waals surface area (Å²) in [4.78, 5) is 3.99. The van der Waals surface area contributed by atoms with Crippen LogP contribution in [0.3, 0.4) is 0 Å².